The number of aliphatic carboxylic acids is 1. The fraction of sp³-hybridized carbons (Fsp3) is 0.217. The fourth-order valence-corrected chi connectivity index (χ4v) is 3.85. The minimum absolute atomic E-state index is 0.0759. The molecule has 1 aliphatic rings. The minimum Gasteiger partial charge on any atom is -0.479 e. The second-order valence-electron chi connectivity index (χ2n) is 7.45. The molecule has 2 aromatic carbocycles. The molecule has 33 heavy (non-hydrogen) atoms. The van der Waals surface area contributed by atoms with E-state index in [9.17, 15) is 14.4 Å². The Morgan fingerprint density at radius 1 is 1.06 bits per heavy atom. The molecule has 1 atom stereocenters. The highest BCUT2D eigenvalue weighted by Crippen LogP contribution is 2.44. The third kappa shape index (κ3) is 5.18. The molecular weight excluding hydrogens is 428 g/mol. The molecule has 10 nitrogen and oxygen atoms in total. The van der Waals surface area contributed by atoms with E-state index < -0.39 is 30.6 Å². The van der Waals surface area contributed by atoms with Gasteiger partial charge in [0.25, 0.3) is 5.91 Å². The van der Waals surface area contributed by atoms with Gasteiger partial charge in [-0.15, -0.1) is 0 Å². The van der Waals surface area contributed by atoms with Crippen LogP contribution in [0.25, 0.3) is 11.1 Å². The highest BCUT2D eigenvalue weighted by Gasteiger charge is 2.30. The van der Waals surface area contributed by atoms with Crippen LogP contribution < -0.4 is 10.8 Å². The number of carbonyl (C=O) groups excluding carboxylic acids is 2. The van der Waals surface area contributed by atoms with Crippen LogP contribution in [0.15, 0.2) is 61.1 Å². The number of hydroxylamine groups is 1. The number of ether oxygens (including phenoxy) is 1. The molecule has 0 saturated heterocycles. The summed E-state index contributed by atoms with van der Waals surface area (Å²) in [6.07, 6.45) is 2.25. The molecule has 0 bridgehead atoms. The molecule has 1 aliphatic carbocycles. The maximum Gasteiger partial charge on any atom is 0.407 e. The van der Waals surface area contributed by atoms with Gasteiger partial charge in [-0.05, 0) is 22.3 Å². The number of fused-ring (bicyclic) bond motifs is 3. The number of nitrogens with one attached hydrogen (secondary N) is 3. The number of rotatable bonds is 9. The summed E-state index contributed by atoms with van der Waals surface area (Å²) in [7, 11) is 0. The van der Waals surface area contributed by atoms with Crippen molar-refractivity contribution in [2.24, 2.45) is 0 Å². The molecule has 2 amide bonds. The van der Waals surface area contributed by atoms with Gasteiger partial charge in [0.1, 0.15) is 12.6 Å². The lowest BCUT2D eigenvalue weighted by Gasteiger charge is -2.19. The summed E-state index contributed by atoms with van der Waals surface area (Å²) in [4.78, 5) is 47.0. The summed E-state index contributed by atoms with van der Waals surface area (Å²) in [6.45, 7) is -0.624. The van der Waals surface area contributed by atoms with Crippen molar-refractivity contribution in [1.29, 1.82) is 0 Å². The smallest absolute Gasteiger partial charge is 0.407 e. The zero-order valence-corrected chi connectivity index (χ0v) is 17.5. The first kappa shape index (κ1) is 22.0. The number of imidazole rings is 1. The average Bonchev–Trinajstić information content (AvgIpc) is 3.43. The molecule has 0 aliphatic heterocycles. The molecule has 1 heterocycles. The molecule has 0 fully saturated rings. The molecule has 4 N–H and O–H groups in total. The van der Waals surface area contributed by atoms with Crippen LogP contribution in [0.2, 0.25) is 0 Å². The van der Waals surface area contributed by atoms with E-state index in [0.717, 1.165) is 22.3 Å². The predicted molar refractivity (Wildman–Crippen MR) is 116 cm³/mol. The number of carboxylic acid groups (broad SMARTS) is 1. The number of hydrogen-bond donors (Lipinski definition) is 4. The van der Waals surface area contributed by atoms with Crippen LogP contribution in [0.4, 0.5) is 4.79 Å². The van der Waals surface area contributed by atoms with Crippen LogP contribution in [0, 0.1) is 0 Å². The fourth-order valence-electron chi connectivity index (χ4n) is 3.85. The maximum atomic E-state index is 12.6. The summed E-state index contributed by atoms with van der Waals surface area (Å²) in [5, 5.41) is 11.2. The number of alkyl carbamates (subject to hydrolysis) is 1. The van der Waals surface area contributed by atoms with E-state index in [2.05, 4.69) is 20.1 Å². The zero-order chi connectivity index (χ0) is 23.2. The van der Waals surface area contributed by atoms with Crippen molar-refractivity contribution in [3.8, 4) is 11.1 Å². The van der Waals surface area contributed by atoms with Gasteiger partial charge in [0.05, 0.1) is 6.33 Å². The highest BCUT2D eigenvalue weighted by molar-refractivity contribution is 5.85. The third-order valence-corrected chi connectivity index (χ3v) is 5.30. The van der Waals surface area contributed by atoms with Crippen molar-refractivity contribution in [2.75, 3.05) is 13.2 Å². The van der Waals surface area contributed by atoms with Crippen molar-refractivity contribution >= 4 is 18.0 Å². The van der Waals surface area contributed by atoms with Crippen molar-refractivity contribution in [3.63, 3.8) is 0 Å². The van der Waals surface area contributed by atoms with Gasteiger partial charge in [-0.2, -0.15) is 0 Å². The first-order chi connectivity index (χ1) is 16.0. The average molecular weight is 450 g/mol. The number of carbonyl (C=O) groups is 3. The number of carboxylic acids is 1. The quantitative estimate of drug-likeness (QED) is 0.365. The first-order valence-corrected chi connectivity index (χ1v) is 10.2. The van der Waals surface area contributed by atoms with Crippen molar-refractivity contribution in [1.82, 2.24) is 20.8 Å². The van der Waals surface area contributed by atoms with Crippen LogP contribution in [-0.4, -0.2) is 52.3 Å². The van der Waals surface area contributed by atoms with Gasteiger partial charge in [-0.1, -0.05) is 48.5 Å². The molecule has 0 spiro atoms. The van der Waals surface area contributed by atoms with Crippen LogP contribution in [0.5, 0.6) is 0 Å². The number of amides is 2. The number of aromatic nitrogens is 2. The topological polar surface area (TPSA) is 143 Å². The molecule has 0 saturated carbocycles. The van der Waals surface area contributed by atoms with Crippen LogP contribution in [0.3, 0.4) is 0 Å². The summed E-state index contributed by atoms with van der Waals surface area (Å²) < 4.78 is 5.49. The van der Waals surface area contributed by atoms with Gasteiger partial charge in [-0.3, -0.25) is 9.63 Å². The lowest BCUT2D eigenvalue weighted by atomic mass is 9.98. The number of H-pyrrole nitrogens is 1. The molecular formula is C23H22N4O6. The number of hydrogen-bond acceptors (Lipinski definition) is 6. The Kier molecular flexibility index (Phi) is 6.65. The Hall–Kier alpha value is -4.18. The van der Waals surface area contributed by atoms with E-state index in [4.69, 9.17) is 9.84 Å². The summed E-state index contributed by atoms with van der Waals surface area (Å²) in [5.74, 6) is -2.09. The van der Waals surface area contributed by atoms with E-state index in [1.807, 2.05) is 54.0 Å². The summed E-state index contributed by atoms with van der Waals surface area (Å²) in [5.41, 5.74) is 6.97. The van der Waals surface area contributed by atoms with Gasteiger partial charge in [0.2, 0.25) is 0 Å². The van der Waals surface area contributed by atoms with Gasteiger partial charge in [0, 0.05) is 24.2 Å². The van der Waals surface area contributed by atoms with E-state index >= 15 is 0 Å². The van der Waals surface area contributed by atoms with Gasteiger partial charge >= 0.3 is 12.1 Å². The summed E-state index contributed by atoms with van der Waals surface area (Å²) in [6, 6.07) is 14.8. The van der Waals surface area contributed by atoms with Crippen molar-refractivity contribution in [3.05, 3.63) is 77.9 Å². The largest absolute Gasteiger partial charge is 0.479 e. The lowest BCUT2D eigenvalue weighted by Crippen LogP contribution is -2.48. The van der Waals surface area contributed by atoms with Gasteiger partial charge in [-0.25, -0.2) is 20.1 Å². The third-order valence-electron chi connectivity index (χ3n) is 5.30. The van der Waals surface area contributed by atoms with E-state index in [0.29, 0.717) is 5.69 Å². The SMILES string of the molecule is O=C(O)CONC(=O)[C@@H](Cc1cnc[nH]1)NC(=O)OCC1c2ccccc2-c2ccccc21. The normalized spacial score (nSPS) is 13.0. The number of aromatic amines is 1. The Morgan fingerprint density at radius 3 is 2.33 bits per heavy atom. The monoisotopic (exact) mass is 450 g/mol. The molecule has 10 heteroatoms. The van der Waals surface area contributed by atoms with Crippen LogP contribution in [0.1, 0.15) is 22.7 Å². The van der Waals surface area contributed by atoms with Crippen molar-refractivity contribution < 1.29 is 29.1 Å². The van der Waals surface area contributed by atoms with Crippen LogP contribution >= 0.6 is 0 Å². The lowest BCUT2D eigenvalue weighted by molar-refractivity contribution is -0.150. The molecule has 0 radical (unpaired) electrons. The van der Waals surface area contributed by atoms with Gasteiger partial charge < -0.3 is 20.1 Å². The second kappa shape index (κ2) is 9.96. The van der Waals surface area contributed by atoms with E-state index in [1.54, 1.807) is 0 Å². The Balaban J connectivity index is 1.41. The molecule has 4 rings (SSSR count). The Labute approximate surface area is 188 Å². The molecule has 1 aromatic heterocycles. The van der Waals surface area contributed by atoms with Crippen LogP contribution in [-0.2, 0) is 25.6 Å². The minimum atomic E-state index is -1.25. The Morgan fingerprint density at radius 2 is 1.73 bits per heavy atom. The van der Waals surface area contributed by atoms with E-state index in [1.165, 1.54) is 12.5 Å². The van der Waals surface area contributed by atoms with Crippen molar-refractivity contribution in [2.45, 2.75) is 18.4 Å². The number of benzene rings is 2. The zero-order valence-electron chi connectivity index (χ0n) is 17.5. The molecule has 0 unspecified atom stereocenters. The maximum absolute atomic E-state index is 12.6. The Bertz CT molecular complexity index is 1100. The molecule has 170 valence electrons. The summed E-state index contributed by atoms with van der Waals surface area (Å²) >= 11 is 0. The second-order valence-corrected chi connectivity index (χ2v) is 7.45. The first-order valence-electron chi connectivity index (χ1n) is 10.2. The molecule has 3 aromatic rings. The highest BCUT2D eigenvalue weighted by atomic mass is 16.7. The van der Waals surface area contributed by atoms with E-state index in [-0.39, 0.29) is 18.9 Å². The predicted octanol–water partition coefficient (Wildman–Crippen LogP) is 1.99. The standard InChI is InChI=1S/C23H22N4O6/c28-21(29)12-33-27-22(30)20(9-14-10-24-13-25-14)26-23(31)32-11-19-17-7-3-1-5-15(17)16-6-2-4-8-18(16)19/h1-8,10,13,19-20H,9,11-12H2,(H,24,25)(H,26,31)(H,27,30)(H,28,29)/t20-/m1/s1. The number of nitrogens with zero attached hydrogens (tertiary/aromatic N) is 1. The van der Waals surface area contributed by atoms with Gasteiger partial charge in [0.15, 0.2) is 6.61 Å².